The molecule has 0 aromatic rings. The lowest BCUT2D eigenvalue weighted by Gasteiger charge is -2.35. The highest BCUT2D eigenvalue weighted by Crippen LogP contribution is 2.24. The molecule has 3 heteroatoms. The Labute approximate surface area is 88.4 Å². The fourth-order valence-electron chi connectivity index (χ4n) is 1.76. The molecule has 14 heavy (non-hydrogen) atoms. The van der Waals surface area contributed by atoms with Gasteiger partial charge in [0, 0.05) is 18.2 Å². The van der Waals surface area contributed by atoms with E-state index in [0.717, 1.165) is 6.54 Å². The van der Waals surface area contributed by atoms with Crippen LogP contribution in [0.25, 0.3) is 0 Å². The summed E-state index contributed by atoms with van der Waals surface area (Å²) in [7, 11) is 0.162. The molecular formula is C11H22BNO. The van der Waals surface area contributed by atoms with Gasteiger partial charge >= 0.3 is 7.05 Å². The third-order valence-corrected chi connectivity index (χ3v) is 2.43. The van der Waals surface area contributed by atoms with E-state index in [1.165, 1.54) is 5.57 Å². The van der Waals surface area contributed by atoms with Gasteiger partial charge in [-0.05, 0) is 41.5 Å². The minimum absolute atomic E-state index is 0.162. The van der Waals surface area contributed by atoms with Gasteiger partial charge in [-0.3, -0.25) is 0 Å². The molecular weight excluding hydrogens is 173 g/mol. The van der Waals surface area contributed by atoms with E-state index < -0.39 is 0 Å². The second-order valence-electron chi connectivity index (χ2n) is 5.39. The molecule has 0 radical (unpaired) electrons. The van der Waals surface area contributed by atoms with Crippen LogP contribution in [0, 0.1) is 0 Å². The van der Waals surface area contributed by atoms with Crippen LogP contribution in [-0.4, -0.2) is 30.0 Å². The van der Waals surface area contributed by atoms with Crippen LogP contribution >= 0.6 is 0 Å². The molecule has 0 atom stereocenters. The van der Waals surface area contributed by atoms with Crippen molar-refractivity contribution in [1.82, 2.24) is 4.81 Å². The molecule has 1 heterocycles. The standard InChI is InChI=1S/C11H22BNO/c1-9(2)14-12-7-10(3)8-13(12)11(4,5)6/h7,9H,8H2,1-6H3. The first-order valence-electron chi connectivity index (χ1n) is 5.40. The highest BCUT2D eigenvalue weighted by atomic mass is 16.5. The largest absolute Gasteiger partial charge is 0.416 e. The summed E-state index contributed by atoms with van der Waals surface area (Å²) in [4.78, 5) is 2.39. The molecule has 1 aliphatic rings. The molecule has 0 bridgehead atoms. The molecule has 0 fully saturated rings. The van der Waals surface area contributed by atoms with Crippen LogP contribution in [0.15, 0.2) is 11.5 Å². The smallest absolute Gasteiger partial charge is 0.411 e. The Morgan fingerprint density at radius 2 is 2.00 bits per heavy atom. The van der Waals surface area contributed by atoms with E-state index in [9.17, 15) is 0 Å². The van der Waals surface area contributed by atoms with Gasteiger partial charge in [-0.1, -0.05) is 11.5 Å². The van der Waals surface area contributed by atoms with Crippen molar-refractivity contribution in [1.29, 1.82) is 0 Å². The average Bonchev–Trinajstić information content (AvgIpc) is 2.28. The summed E-state index contributed by atoms with van der Waals surface area (Å²) in [6.07, 6.45) is 0.284. The molecule has 0 N–H and O–H groups in total. The number of hydrogen-bond donors (Lipinski definition) is 0. The first-order chi connectivity index (χ1) is 6.30. The Hall–Kier alpha value is -0.275. The Morgan fingerprint density at radius 1 is 1.43 bits per heavy atom. The lowest BCUT2D eigenvalue weighted by Crippen LogP contribution is -2.50. The van der Waals surface area contributed by atoms with E-state index in [-0.39, 0.29) is 18.7 Å². The summed E-state index contributed by atoms with van der Waals surface area (Å²) >= 11 is 0. The Bertz CT molecular complexity index is 230. The van der Waals surface area contributed by atoms with Gasteiger partial charge in [0.2, 0.25) is 0 Å². The van der Waals surface area contributed by atoms with E-state index >= 15 is 0 Å². The zero-order valence-electron chi connectivity index (χ0n) is 10.3. The highest BCUT2D eigenvalue weighted by Gasteiger charge is 2.36. The first kappa shape index (κ1) is 11.8. The van der Waals surface area contributed by atoms with E-state index in [0.29, 0.717) is 0 Å². The van der Waals surface area contributed by atoms with Gasteiger partial charge in [0.1, 0.15) is 0 Å². The topological polar surface area (TPSA) is 12.5 Å². The third kappa shape index (κ3) is 2.86. The van der Waals surface area contributed by atoms with Crippen LogP contribution in [0.3, 0.4) is 0 Å². The molecule has 0 spiro atoms. The summed E-state index contributed by atoms with van der Waals surface area (Å²) in [5.41, 5.74) is 1.58. The van der Waals surface area contributed by atoms with Crippen molar-refractivity contribution >= 4 is 7.05 Å². The summed E-state index contributed by atoms with van der Waals surface area (Å²) < 4.78 is 5.87. The number of rotatable bonds is 2. The van der Waals surface area contributed by atoms with Crippen molar-refractivity contribution in [3.8, 4) is 0 Å². The monoisotopic (exact) mass is 195 g/mol. The SMILES string of the molecule is CC1=CB(OC(C)C)N(C(C)(C)C)C1. The van der Waals surface area contributed by atoms with Crippen LogP contribution in [0.4, 0.5) is 0 Å². The predicted molar refractivity (Wildman–Crippen MR) is 62.2 cm³/mol. The molecule has 1 rings (SSSR count). The van der Waals surface area contributed by atoms with Crippen molar-refractivity contribution in [2.75, 3.05) is 6.54 Å². The van der Waals surface area contributed by atoms with Crippen LogP contribution < -0.4 is 0 Å². The van der Waals surface area contributed by atoms with E-state index in [2.05, 4.69) is 52.3 Å². The Morgan fingerprint density at radius 3 is 2.43 bits per heavy atom. The molecule has 0 saturated heterocycles. The van der Waals surface area contributed by atoms with Crippen LogP contribution in [0.1, 0.15) is 41.5 Å². The molecule has 2 nitrogen and oxygen atoms in total. The van der Waals surface area contributed by atoms with Crippen molar-refractivity contribution in [2.24, 2.45) is 0 Å². The lowest BCUT2D eigenvalue weighted by molar-refractivity contribution is 0.174. The quantitative estimate of drug-likeness (QED) is 0.627. The minimum Gasteiger partial charge on any atom is -0.416 e. The van der Waals surface area contributed by atoms with Gasteiger partial charge in [0.15, 0.2) is 0 Å². The van der Waals surface area contributed by atoms with Crippen molar-refractivity contribution in [2.45, 2.75) is 53.2 Å². The molecule has 0 saturated carbocycles. The van der Waals surface area contributed by atoms with E-state index in [1.54, 1.807) is 0 Å². The van der Waals surface area contributed by atoms with E-state index in [1.807, 2.05) is 0 Å². The normalized spacial score (nSPS) is 19.4. The maximum absolute atomic E-state index is 5.87. The molecule has 0 unspecified atom stereocenters. The summed E-state index contributed by atoms with van der Waals surface area (Å²) in [5, 5.41) is 0. The van der Waals surface area contributed by atoms with Gasteiger partial charge in [0.25, 0.3) is 0 Å². The van der Waals surface area contributed by atoms with Crippen LogP contribution in [0.2, 0.25) is 0 Å². The number of nitrogens with zero attached hydrogens (tertiary/aromatic N) is 1. The predicted octanol–water partition coefficient (Wildman–Crippen LogP) is 2.50. The van der Waals surface area contributed by atoms with Crippen LogP contribution in [0.5, 0.6) is 0 Å². The Kier molecular flexibility index (Phi) is 3.43. The molecule has 1 aliphatic heterocycles. The Balaban J connectivity index is 2.70. The first-order valence-corrected chi connectivity index (χ1v) is 5.40. The molecule has 80 valence electrons. The maximum Gasteiger partial charge on any atom is 0.411 e. The fourth-order valence-corrected chi connectivity index (χ4v) is 1.76. The summed E-state index contributed by atoms with van der Waals surface area (Å²) in [5.74, 6) is 2.23. The maximum atomic E-state index is 5.87. The second-order valence-corrected chi connectivity index (χ2v) is 5.39. The van der Waals surface area contributed by atoms with Gasteiger partial charge in [-0.15, -0.1) is 0 Å². The minimum atomic E-state index is 0.162. The third-order valence-electron chi connectivity index (χ3n) is 2.43. The fraction of sp³-hybridized carbons (Fsp3) is 0.818. The summed E-state index contributed by atoms with van der Waals surface area (Å²) in [6.45, 7) is 14.1. The van der Waals surface area contributed by atoms with Crippen molar-refractivity contribution in [3.05, 3.63) is 11.5 Å². The zero-order valence-corrected chi connectivity index (χ0v) is 10.3. The van der Waals surface area contributed by atoms with Gasteiger partial charge in [-0.2, -0.15) is 0 Å². The highest BCUT2D eigenvalue weighted by molar-refractivity contribution is 6.56. The number of hydrogen-bond acceptors (Lipinski definition) is 2. The van der Waals surface area contributed by atoms with E-state index in [4.69, 9.17) is 4.65 Å². The zero-order chi connectivity index (χ0) is 10.9. The molecule has 0 amide bonds. The van der Waals surface area contributed by atoms with Crippen molar-refractivity contribution < 1.29 is 4.65 Å². The van der Waals surface area contributed by atoms with Gasteiger partial charge in [0.05, 0.1) is 0 Å². The second kappa shape index (κ2) is 4.07. The molecule has 0 aromatic carbocycles. The van der Waals surface area contributed by atoms with Gasteiger partial charge < -0.3 is 9.47 Å². The summed E-state index contributed by atoms with van der Waals surface area (Å²) in [6, 6.07) is 0. The molecule has 0 aromatic heterocycles. The average molecular weight is 195 g/mol. The van der Waals surface area contributed by atoms with Crippen molar-refractivity contribution in [3.63, 3.8) is 0 Å². The lowest BCUT2D eigenvalue weighted by atomic mass is 9.78. The molecule has 0 aliphatic carbocycles. The van der Waals surface area contributed by atoms with Gasteiger partial charge in [-0.25, -0.2) is 0 Å². The van der Waals surface area contributed by atoms with Crippen LogP contribution in [-0.2, 0) is 4.65 Å².